The van der Waals surface area contributed by atoms with Crippen molar-refractivity contribution in [3.8, 4) is 0 Å². The van der Waals surface area contributed by atoms with E-state index in [1.807, 2.05) is 0 Å². The summed E-state index contributed by atoms with van der Waals surface area (Å²) in [6.45, 7) is 5.27. The van der Waals surface area contributed by atoms with Crippen LogP contribution >= 0.6 is 11.6 Å². The van der Waals surface area contributed by atoms with Crippen molar-refractivity contribution in [3.63, 3.8) is 0 Å². The van der Waals surface area contributed by atoms with Gasteiger partial charge in [-0.25, -0.2) is 18.1 Å². The average molecular weight is 368 g/mol. The van der Waals surface area contributed by atoms with Crippen molar-refractivity contribution in [3.05, 3.63) is 53.2 Å². The van der Waals surface area contributed by atoms with Crippen LogP contribution in [0.4, 0.5) is 5.82 Å². The molecule has 0 saturated carbocycles. The van der Waals surface area contributed by atoms with Crippen LogP contribution in [0.15, 0.2) is 47.5 Å². The van der Waals surface area contributed by atoms with Crippen LogP contribution in [-0.4, -0.2) is 24.8 Å². The molecule has 1 heterocycles. The second kappa shape index (κ2) is 6.88. The second-order valence-corrected chi connectivity index (χ2v) is 8.31. The number of nitrogens with one attached hydrogen (secondary N) is 2. The molecule has 0 fully saturated rings. The van der Waals surface area contributed by atoms with Gasteiger partial charge in [-0.3, -0.25) is 4.79 Å². The van der Waals surface area contributed by atoms with E-state index in [2.05, 4.69) is 15.0 Å². The lowest BCUT2D eigenvalue weighted by Crippen LogP contribution is -2.40. The Morgan fingerprint density at radius 1 is 1.08 bits per heavy atom. The lowest BCUT2D eigenvalue weighted by atomic mass is 10.1. The minimum Gasteiger partial charge on any atom is -0.307 e. The summed E-state index contributed by atoms with van der Waals surface area (Å²) in [5.41, 5.74) is -0.267. The maximum Gasteiger partial charge on any atom is 0.256 e. The number of halogens is 1. The summed E-state index contributed by atoms with van der Waals surface area (Å²) >= 11 is 5.73. The van der Waals surface area contributed by atoms with E-state index in [9.17, 15) is 13.2 Å². The average Bonchev–Trinajstić information content (AvgIpc) is 2.47. The minimum atomic E-state index is -3.63. The molecular formula is C16H18ClN3O3S. The Morgan fingerprint density at radius 3 is 2.21 bits per heavy atom. The van der Waals surface area contributed by atoms with Gasteiger partial charge in [-0.15, -0.1) is 0 Å². The molecule has 0 radical (unpaired) electrons. The highest BCUT2D eigenvalue weighted by Gasteiger charge is 2.22. The lowest BCUT2D eigenvalue weighted by molar-refractivity contribution is 0.102. The number of anilines is 1. The van der Waals surface area contributed by atoms with E-state index < -0.39 is 21.5 Å². The number of nitrogens with zero attached hydrogens (tertiary/aromatic N) is 1. The molecule has 0 saturated heterocycles. The minimum absolute atomic E-state index is 0.0959. The molecule has 0 aliphatic heterocycles. The molecule has 2 rings (SSSR count). The van der Waals surface area contributed by atoms with Crippen LogP contribution in [0, 0.1) is 0 Å². The number of hydrogen-bond acceptors (Lipinski definition) is 4. The fourth-order valence-corrected chi connectivity index (χ4v) is 3.42. The SMILES string of the molecule is CC(C)(C)NS(=O)(=O)c1ccc(C(=O)Nc2ccc(Cl)cn2)cc1. The van der Waals surface area contributed by atoms with Gasteiger partial charge >= 0.3 is 0 Å². The molecule has 2 aromatic rings. The summed E-state index contributed by atoms with van der Waals surface area (Å²) in [4.78, 5) is 16.2. The highest BCUT2D eigenvalue weighted by molar-refractivity contribution is 7.89. The Morgan fingerprint density at radius 2 is 1.71 bits per heavy atom. The van der Waals surface area contributed by atoms with Crippen LogP contribution in [0.1, 0.15) is 31.1 Å². The van der Waals surface area contributed by atoms with Crippen LogP contribution in [-0.2, 0) is 10.0 Å². The fourth-order valence-electron chi connectivity index (χ4n) is 1.89. The number of aromatic nitrogens is 1. The van der Waals surface area contributed by atoms with Crippen LogP contribution in [0.25, 0.3) is 0 Å². The van der Waals surface area contributed by atoms with E-state index in [0.717, 1.165) is 0 Å². The zero-order valence-corrected chi connectivity index (χ0v) is 15.1. The van der Waals surface area contributed by atoms with Crippen molar-refractivity contribution in [2.75, 3.05) is 5.32 Å². The first-order chi connectivity index (χ1) is 11.1. The van der Waals surface area contributed by atoms with Gasteiger partial charge in [-0.1, -0.05) is 11.6 Å². The van der Waals surface area contributed by atoms with Crippen LogP contribution in [0.2, 0.25) is 5.02 Å². The lowest BCUT2D eigenvalue weighted by Gasteiger charge is -2.20. The van der Waals surface area contributed by atoms with Crippen molar-refractivity contribution in [1.82, 2.24) is 9.71 Å². The molecule has 0 aliphatic carbocycles. The Hall–Kier alpha value is -1.96. The third-order valence-corrected chi connectivity index (χ3v) is 4.83. The molecule has 1 amide bonds. The van der Waals surface area contributed by atoms with Gasteiger partial charge in [0.15, 0.2) is 0 Å². The van der Waals surface area contributed by atoms with Crippen molar-refractivity contribution >= 4 is 33.3 Å². The van der Waals surface area contributed by atoms with Crippen LogP contribution in [0.3, 0.4) is 0 Å². The smallest absolute Gasteiger partial charge is 0.256 e. The number of amides is 1. The first kappa shape index (κ1) is 18.4. The third kappa shape index (κ3) is 5.02. The fraction of sp³-hybridized carbons (Fsp3) is 0.250. The van der Waals surface area contributed by atoms with Crippen molar-refractivity contribution in [2.45, 2.75) is 31.2 Å². The second-order valence-electron chi connectivity index (χ2n) is 6.20. The highest BCUT2D eigenvalue weighted by atomic mass is 35.5. The number of benzene rings is 1. The highest BCUT2D eigenvalue weighted by Crippen LogP contribution is 2.15. The maximum absolute atomic E-state index is 12.2. The van der Waals surface area contributed by atoms with Crippen molar-refractivity contribution in [2.24, 2.45) is 0 Å². The molecule has 128 valence electrons. The van der Waals surface area contributed by atoms with Gasteiger partial charge in [0.25, 0.3) is 5.91 Å². The van der Waals surface area contributed by atoms with E-state index in [1.165, 1.54) is 30.5 Å². The van der Waals surface area contributed by atoms with Gasteiger partial charge in [-0.05, 0) is 57.2 Å². The van der Waals surface area contributed by atoms with E-state index >= 15 is 0 Å². The Kier molecular flexibility index (Phi) is 5.27. The molecule has 0 spiro atoms. The number of hydrogen-bond donors (Lipinski definition) is 2. The Bertz CT molecular complexity index is 826. The Balaban J connectivity index is 2.14. The topological polar surface area (TPSA) is 88.2 Å². The molecule has 0 atom stereocenters. The van der Waals surface area contributed by atoms with Gasteiger partial charge in [0.1, 0.15) is 5.82 Å². The Labute approximate surface area is 146 Å². The summed E-state index contributed by atoms with van der Waals surface area (Å²) in [6.07, 6.45) is 1.42. The first-order valence-corrected chi connectivity index (χ1v) is 9.00. The quantitative estimate of drug-likeness (QED) is 0.869. The molecular weight excluding hydrogens is 350 g/mol. The molecule has 24 heavy (non-hydrogen) atoms. The van der Waals surface area contributed by atoms with E-state index in [0.29, 0.717) is 16.4 Å². The zero-order chi connectivity index (χ0) is 18.0. The number of carbonyl (C=O) groups is 1. The molecule has 2 N–H and O–H groups in total. The van der Waals surface area contributed by atoms with Gasteiger partial charge < -0.3 is 5.32 Å². The molecule has 0 unspecified atom stereocenters. The molecule has 1 aromatic carbocycles. The summed E-state index contributed by atoms with van der Waals surface area (Å²) in [5, 5.41) is 3.07. The predicted molar refractivity (Wildman–Crippen MR) is 93.7 cm³/mol. The predicted octanol–water partition coefficient (Wildman–Crippen LogP) is 3.06. The monoisotopic (exact) mass is 367 g/mol. The van der Waals surface area contributed by atoms with E-state index in [-0.39, 0.29) is 4.90 Å². The molecule has 0 bridgehead atoms. The summed E-state index contributed by atoms with van der Waals surface area (Å²) in [5.74, 6) is -0.0342. The number of rotatable bonds is 4. The van der Waals surface area contributed by atoms with Crippen molar-refractivity contribution < 1.29 is 13.2 Å². The van der Waals surface area contributed by atoms with Gasteiger partial charge in [0, 0.05) is 17.3 Å². The number of pyridine rings is 1. The summed E-state index contributed by atoms with van der Waals surface area (Å²) < 4.78 is 27.0. The molecule has 8 heteroatoms. The van der Waals surface area contributed by atoms with Gasteiger partial charge in [0.2, 0.25) is 10.0 Å². The van der Waals surface area contributed by atoms with Crippen LogP contribution < -0.4 is 10.0 Å². The van der Waals surface area contributed by atoms with Gasteiger partial charge in [0.05, 0.1) is 9.92 Å². The van der Waals surface area contributed by atoms with E-state index in [1.54, 1.807) is 32.9 Å². The van der Waals surface area contributed by atoms with E-state index in [4.69, 9.17) is 11.6 Å². The molecule has 0 aliphatic rings. The maximum atomic E-state index is 12.2. The summed E-state index contributed by atoms with van der Waals surface area (Å²) in [6, 6.07) is 8.85. The standard InChI is InChI=1S/C16H18ClN3O3S/c1-16(2,3)20-24(22,23)13-7-4-11(5-8-13)15(21)19-14-9-6-12(17)10-18-14/h4-10,20H,1-3H3,(H,18,19,21). The van der Waals surface area contributed by atoms with Crippen LogP contribution in [0.5, 0.6) is 0 Å². The van der Waals surface area contributed by atoms with Gasteiger partial charge in [-0.2, -0.15) is 0 Å². The first-order valence-electron chi connectivity index (χ1n) is 7.14. The largest absolute Gasteiger partial charge is 0.307 e. The summed E-state index contributed by atoms with van der Waals surface area (Å²) in [7, 11) is -3.63. The molecule has 1 aromatic heterocycles. The number of carbonyl (C=O) groups excluding carboxylic acids is 1. The molecule has 6 nitrogen and oxygen atoms in total. The van der Waals surface area contributed by atoms with Crippen molar-refractivity contribution in [1.29, 1.82) is 0 Å². The number of sulfonamides is 1. The zero-order valence-electron chi connectivity index (χ0n) is 13.5. The third-order valence-electron chi connectivity index (χ3n) is 2.84. The normalized spacial score (nSPS) is 12.0.